The highest BCUT2D eigenvalue weighted by atomic mass is 79.9. The Hall–Kier alpha value is -0.750. The Bertz CT molecular complexity index is 527. The van der Waals surface area contributed by atoms with Crippen molar-refractivity contribution in [3.05, 3.63) is 55.9 Å². The number of halogens is 2. The molecular formula is C12H12BrFN2S. The fourth-order valence-electron chi connectivity index (χ4n) is 1.78. The first kappa shape index (κ1) is 12.7. The number of hydrogen-bond donors (Lipinski definition) is 2. The number of thiophene rings is 1. The molecule has 90 valence electrons. The lowest BCUT2D eigenvalue weighted by Crippen LogP contribution is -2.29. The van der Waals surface area contributed by atoms with Gasteiger partial charge in [-0.2, -0.15) is 0 Å². The summed E-state index contributed by atoms with van der Waals surface area (Å²) in [6, 6.07) is 6.85. The van der Waals surface area contributed by atoms with Crippen LogP contribution in [0.15, 0.2) is 34.1 Å². The zero-order valence-electron chi connectivity index (χ0n) is 9.21. The van der Waals surface area contributed by atoms with E-state index >= 15 is 0 Å². The summed E-state index contributed by atoms with van der Waals surface area (Å²) in [5.41, 5.74) is 4.23. The Balaban J connectivity index is 2.50. The molecule has 1 heterocycles. The molecule has 0 bridgehead atoms. The van der Waals surface area contributed by atoms with Crippen molar-refractivity contribution in [2.24, 2.45) is 5.84 Å². The van der Waals surface area contributed by atoms with Crippen molar-refractivity contribution in [1.29, 1.82) is 0 Å². The van der Waals surface area contributed by atoms with Gasteiger partial charge in [0.25, 0.3) is 0 Å². The summed E-state index contributed by atoms with van der Waals surface area (Å²) < 4.78 is 14.5. The van der Waals surface area contributed by atoms with Gasteiger partial charge in [0.05, 0.1) is 10.5 Å². The predicted octanol–water partition coefficient (Wildman–Crippen LogP) is 3.51. The molecule has 0 amide bonds. The molecule has 0 spiro atoms. The van der Waals surface area contributed by atoms with Crippen LogP contribution in [0.5, 0.6) is 0 Å². The van der Waals surface area contributed by atoms with Crippen LogP contribution in [0.4, 0.5) is 4.39 Å². The largest absolute Gasteiger partial charge is 0.271 e. The molecule has 0 saturated carbocycles. The number of hydrazine groups is 1. The van der Waals surface area contributed by atoms with Crippen LogP contribution in [-0.2, 0) is 0 Å². The van der Waals surface area contributed by atoms with Gasteiger partial charge in [0.1, 0.15) is 5.82 Å². The third-order valence-electron chi connectivity index (χ3n) is 2.67. The summed E-state index contributed by atoms with van der Waals surface area (Å²) in [5.74, 6) is 5.28. The maximum Gasteiger partial charge on any atom is 0.142 e. The minimum absolute atomic E-state index is 0.277. The van der Waals surface area contributed by atoms with Crippen molar-refractivity contribution in [3.8, 4) is 0 Å². The molecular weight excluding hydrogens is 303 g/mol. The normalized spacial score (nSPS) is 12.7. The van der Waals surface area contributed by atoms with Crippen molar-refractivity contribution in [2.75, 3.05) is 0 Å². The first-order chi connectivity index (χ1) is 8.15. The molecule has 0 saturated heterocycles. The molecule has 0 aliphatic carbocycles. The Kier molecular flexibility index (Phi) is 3.93. The number of benzene rings is 1. The first-order valence-corrected chi connectivity index (χ1v) is 6.76. The van der Waals surface area contributed by atoms with Gasteiger partial charge in [-0.05, 0) is 45.9 Å². The lowest BCUT2D eigenvalue weighted by Gasteiger charge is -2.17. The maximum atomic E-state index is 14.0. The number of hydrogen-bond acceptors (Lipinski definition) is 3. The minimum Gasteiger partial charge on any atom is -0.271 e. The molecule has 1 aromatic carbocycles. The van der Waals surface area contributed by atoms with Crippen molar-refractivity contribution < 1.29 is 4.39 Å². The molecule has 17 heavy (non-hydrogen) atoms. The van der Waals surface area contributed by atoms with E-state index in [1.807, 2.05) is 18.4 Å². The van der Waals surface area contributed by atoms with E-state index in [2.05, 4.69) is 21.4 Å². The summed E-state index contributed by atoms with van der Waals surface area (Å²) in [7, 11) is 0. The molecule has 2 aromatic rings. The van der Waals surface area contributed by atoms with E-state index in [0.717, 1.165) is 10.4 Å². The summed E-state index contributed by atoms with van der Waals surface area (Å²) in [6.07, 6.45) is 0. The van der Waals surface area contributed by atoms with Crippen molar-refractivity contribution in [1.82, 2.24) is 5.43 Å². The average Bonchev–Trinajstić information content (AvgIpc) is 2.72. The summed E-state index contributed by atoms with van der Waals surface area (Å²) in [6.45, 7) is 2.00. The van der Waals surface area contributed by atoms with Gasteiger partial charge in [-0.3, -0.25) is 5.84 Å². The smallest absolute Gasteiger partial charge is 0.142 e. The third-order valence-corrected chi connectivity index (χ3v) is 4.14. The molecule has 1 unspecified atom stereocenters. The van der Waals surface area contributed by atoms with Crippen LogP contribution in [0.25, 0.3) is 0 Å². The van der Waals surface area contributed by atoms with Gasteiger partial charge in [-0.25, -0.2) is 9.82 Å². The Morgan fingerprint density at radius 1 is 1.35 bits per heavy atom. The molecule has 5 heteroatoms. The molecule has 0 aliphatic rings. The highest BCUT2D eigenvalue weighted by Crippen LogP contribution is 2.31. The molecule has 3 N–H and O–H groups in total. The van der Waals surface area contributed by atoms with Crippen LogP contribution in [-0.4, -0.2) is 0 Å². The summed E-state index contributed by atoms with van der Waals surface area (Å²) in [4.78, 5) is 1.13. The standard InChI is InChI=1S/C12H12BrFN2S/c1-7-8(5-6-17-7)12(16-15)9-3-2-4-10(13)11(9)14/h2-6,12,16H,15H2,1H3. The zero-order chi connectivity index (χ0) is 12.4. The van der Waals surface area contributed by atoms with Crippen LogP contribution >= 0.6 is 27.3 Å². The quantitative estimate of drug-likeness (QED) is 0.672. The van der Waals surface area contributed by atoms with E-state index in [1.54, 1.807) is 29.5 Å². The van der Waals surface area contributed by atoms with Crippen LogP contribution in [0, 0.1) is 12.7 Å². The monoisotopic (exact) mass is 314 g/mol. The topological polar surface area (TPSA) is 38.0 Å². The van der Waals surface area contributed by atoms with Gasteiger partial charge in [-0.1, -0.05) is 12.1 Å². The van der Waals surface area contributed by atoms with Crippen molar-refractivity contribution in [3.63, 3.8) is 0 Å². The van der Waals surface area contributed by atoms with Crippen LogP contribution in [0.3, 0.4) is 0 Å². The minimum atomic E-state index is -0.321. The highest BCUT2D eigenvalue weighted by molar-refractivity contribution is 9.10. The third kappa shape index (κ3) is 2.42. The van der Waals surface area contributed by atoms with E-state index in [0.29, 0.717) is 10.0 Å². The summed E-state index contributed by atoms with van der Waals surface area (Å²) >= 11 is 4.81. The van der Waals surface area contributed by atoms with Crippen LogP contribution in [0.2, 0.25) is 0 Å². The molecule has 0 radical (unpaired) electrons. The number of nitrogens with two attached hydrogens (primary N) is 1. The molecule has 2 rings (SSSR count). The molecule has 0 aliphatic heterocycles. The van der Waals surface area contributed by atoms with Gasteiger partial charge in [0.2, 0.25) is 0 Å². The lowest BCUT2D eigenvalue weighted by atomic mass is 10.00. The van der Waals surface area contributed by atoms with E-state index < -0.39 is 0 Å². The van der Waals surface area contributed by atoms with Gasteiger partial charge in [-0.15, -0.1) is 11.3 Å². The zero-order valence-corrected chi connectivity index (χ0v) is 11.6. The predicted molar refractivity (Wildman–Crippen MR) is 72.3 cm³/mol. The number of rotatable bonds is 3. The number of aryl methyl sites for hydroxylation is 1. The van der Waals surface area contributed by atoms with E-state index in [1.165, 1.54) is 0 Å². The highest BCUT2D eigenvalue weighted by Gasteiger charge is 2.20. The van der Waals surface area contributed by atoms with E-state index in [-0.39, 0.29) is 11.9 Å². The molecule has 2 nitrogen and oxygen atoms in total. The second kappa shape index (κ2) is 5.27. The second-order valence-electron chi connectivity index (χ2n) is 3.67. The van der Waals surface area contributed by atoms with Gasteiger partial charge in [0, 0.05) is 10.4 Å². The Morgan fingerprint density at radius 2 is 2.12 bits per heavy atom. The molecule has 1 atom stereocenters. The van der Waals surface area contributed by atoms with Gasteiger partial charge < -0.3 is 0 Å². The SMILES string of the molecule is Cc1sccc1C(NN)c1cccc(Br)c1F. The van der Waals surface area contributed by atoms with Crippen molar-refractivity contribution >= 4 is 27.3 Å². The molecule has 0 fully saturated rings. The molecule has 1 aromatic heterocycles. The van der Waals surface area contributed by atoms with E-state index in [9.17, 15) is 4.39 Å². The van der Waals surface area contributed by atoms with E-state index in [4.69, 9.17) is 5.84 Å². The summed E-state index contributed by atoms with van der Waals surface area (Å²) in [5, 5.41) is 1.98. The fraction of sp³-hybridized carbons (Fsp3) is 0.167. The first-order valence-electron chi connectivity index (χ1n) is 5.09. The Morgan fingerprint density at radius 3 is 2.71 bits per heavy atom. The van der Waals surface area contributed by atoms with Crippen molar-refractivity contribution in [2.45, 2.75) is 13.0 Å². The maximum absolute atomic E-state index is 14.0. The van der Waals surface area contributed by atoms with Crippen LogP contribution < -0.4 is 11.3 Å². The second-order valence-corrected chi connectivity index (χ2v) is 5.65. The Labute approximate surface area is 112 Å². The van der Waals surface area contributed by atoms with Crippen LogP contribution in [0.1, 0.15) is 22.0 Å². The van der Waals surface area contributed by atoms with Gasteiger partial charge in [0.15, 0.2) is 0 Å². The van der Waals surface area contributed by atoms with Gasteiger partial charge >= 0.3 is 0 Å². The average molecular weight is 315 g/mol. The number of nitrogens with one attached hydrogen (secondary N) is 1. The fourth-order valence-corrected chi connectivity index (χ4v) is 2.91. The lowest BCUT2D eigenvalue weighted by molar-refractivity contribution is 0.555.